The average molecular weight is 326 g/mol. The predicted octanol–water partition coefficient (Wildman–Crippen LogP) is 3.73. The van der Waals surface area contributed by atoms with E-state index in [0.29, 0.717) is 11.6 Å². The molecule has 22 heavy (non-hydrogen) atoms. The predicted molar refractivity (Wildman–Crippen MR) is 81.6 cm³/mol. The highest BCUT2D eigenvalue weighted by Gasteiger charge is 2.35. The fraction of sp³-hybridized carbons (Fsp3) is 0.250. The normalized spacial score (nSPS) is 11.7. The molecule has 0 bridgehead atoms. The van der Waals surface area contributed by atoms with Crippen molar-refractivity contribution >= 4 is 13.7 Å². The van der Waals surface area contributed by atoms with Gasteiger partial charge in [0, 0.05) is 25.8 Å². The lowest BCUT2D eigenvalue weighted by molar-refractivity contribution is 0.259. The van der Waals surface area contributed by atoms with Gasteiger partial charge >= 0.3 is 8.56 Å². The number of rotatable bonds is 5. The first-order chi connectivity index (χ1) is 10.5. The summed E-state index contributed by atoms with van der Waals surface area (Å²) in [6.07, 6.45) is 0. The van der Waals surface area contributed by atoms with Crippen molar-refractivity contribution in [3.8, 4) is 11.1 Å². The van der Waals surface area contributed by atoms with Gasteiger partial charge in [0.05, 0.1) is 0 Å². The summed E-state index contributed by atoms with van der Waals surface area (Å²) in [7, 11) is 0.720. The Labute approximate surface area is 128 Å². The summed E-state index contributed by atoms with van der Waals surface area (Å²) < 4.78 is 51.2. The summed E-state index contributed by atoms with van der Waals surface area (Å²) in [5.74, 6) is -3.08. The second-order valence-corrected chi connectivity index (χ2v) is 8.44. The molecule has 0 aliphatic heterocycles. The highest BCUT2D eigenvalue weighted by molar-refractivity contribution is 6.81. The molecule has 0 radical (unpaired) electrons. The molecule has 2 rings (SSSR count). The van der Waals surface area contributed by atoms with Crippen molar-refractivity contribution in [1.29, 1.82) is 0 Å². The molecule has 0 atom stereocenters. The molecule has 2 nitrogen and oxygen atoms in total. The lowest BCUT2D eigenvalue weighted by Gasteiger charge is -2.26. The first-order valence-electron chi connectivity index (χ1n) is 6.83. The number of hydrogen-bond donors (Lipinski definition) is 0. The second kappa shape index (κ2) is 6.64. The van der Waals surface area contributed by atoms with Crippen LogP contribution in [0.2, 0.25) is 6.04 Å². The fourth-order valence-electron chi connectivity index (χ4n) is 2.46. The van der Waals surface area contributed by atoms with Crippen molar-refractivity contribution in [3.05, 3.63) is 53.8 Å². The molecule has 0 aromatic heterocycles. The quantitative estimate of drug-likeness (QED) is 0.616. The third-order valence-electron chi connectivity index (χ3n) is 3.77. The van der Waals surface area contributed by atoms with E-state index < -0.39 is 26.0 Å². The van der Waals surface area contributed by atoms with Crippen LogP contribution < -0.4 is 5.19 Å². The zero-order chi connectivity index (χ0) is 16.3. The van der Waals surface area contributed by atoms with E-state index >= 15 is 0 Å². The van der Waals surface area contributed by atoms with Crippen molar-refractivity contribution in [2.75, 3.05) is 14.2 Å². The third-order valence-corrected chi connectivity index (χ3v) is 7.23. The molecule has 6 heteroatoms. The van der Waals surface area contributed by atoms with Crippen LogP contribution in [-0.2, 0) is 8.85 Å². The average Bonchev–Trinajstić information content (AvgIpc) is 2.54. The fourth-order valence-corrected chi connectivity index (χ4v) is 4.76. The summed E-state index contributed by atoms with van der Waals surface area (Å²) in [5, 5.41) is 0.895. The SMILES string of the molecule is CC[Si](OC)(OC)c1ccc(-c2cc(F)c(F)cc2F)cc1. The van der Waals surface area contributed by atoms with E-state index in [1.54, 1.807) is 38.5 Å². The Morgan fingerprint density at radius 2 is 1.41 bits per heavy atom. The first kappa shape index (κ1) is 16.7. The molecule has 0 N–H and O–H groups in total. The molecule has 118 valence electrons. The van der Waals surface area contributed by atoms with Gasteiger partial charge in [-0.05, 0) is 22.9 Å². The lowest BCUT2D eigenvalue weighted by Crippen LogP contribution is -2.51. The topological polar surface area (TPSA) is 18.5 Å². The second-order valence-electron chi connectivity index (χ2n) is 4.84. The highest BCUT2D eigenvalue weighted by atomic mass is 28.4. The Morgan fingerprint density at radius 3 is 1.91 bits per heavy atom. The van der Waals surface area contributed by atoms with Crippen molar-refractivity contribution in [3.63, 3.8) is 0 Å². The van der Waals surface area contributed by atoms with Crippen LogP contribution in [0, 0.1) is 17.5 Å². The zero-order valence-electron chi connectivity index (χ0n) is 12.6. The number of hydrogen-bond acceptors (Lipinski definition) is 2. The van der Waals surface area contributed by atoms with Gasteiger partial charge in [-0.1, -0.05) is 31.2 Å². The van der Waals surface area contributed by atoms with Crippen LogP contribution in [0.15, 0.2) is 36.4 Å². The van der Waals surface area contributed by atoms with Crippen molar-refractivity contribution in [1.82, 2.24) is 0 Å². The summed E-state index contributed by atoms with van der Waals surface area (Å²) in [6, 6.07) is 8.99. The van der Waals surface area contributed by atoms with Gasteiger partial charge in [0.15, 0.2) is 11.6 Å². The van der Waals surface area contributed by atoms with Gasteiger partial charge in [0.2, 0.25) is 0 Å². The Morgan fingerprint density at radius 1 is 0.864 bits per heavy atom. The van der Waals surface area contributed by atoms with E-state index in [1.807, 2.05) is 6.92 Å². The molecule has 0 spiro atoms. The van der Waals surface area contributed by atoms with Gasteiger partial charge in [-0.15, -0.1) is 0 Å². The molecule has 0 aliphatic rings. The van der Waals surface area contributed by atoms with E-state index in [1.165, 1.54) is 0 Å². The molecule has 2 aromatic rings. The van der Waals surface area contributed by atoms with Crippen molar-refractivity contribution < 1.29 is 22.0 Å². The number of halogens is 3. The van der Waals surface area contributed by atoms with Gasteiger partial charge in [-0.2, -0.15) is 0 Å². The standard InChI is InChI=1S/C16H17F3O2Si/c1-4-22(20-2,21-3)12-7-5-11(6-8-12)13-9-15(18)16(19)10-14(13)17/h5-10H,4H2,1-3H3. The van der Waals surface area contributed by atoms with E-state index in [-0.39, 0.29) is 5.56 Å². The van der Waals surface area contributed by atoms with Crippen LogP contribution in [0.1, 0.15) is 6.92 Å². The zero-order valence-corrected chi connectivity index (χ0v) is 13.6. The van der Waals surface area contributed by atoms with Gasteiger partial charge in [-0.25, -0.2) is 13.2 Å². The van der Waals surface area contributed by atoms with Crippen LogP contribution in [0.5, 0.6) is 0 Å². The molecule has 0 amide bonds. The van der Waals surface area contributed by atoms with Gasteiger partial charge in [0.25, 0.3) is 0 Å². The van der Waals surface area contributed by atoms with Crippen molar-refractivity contribution in [2.24, 2.45) is 0 Å². The summed E-state index contributed by atoms with van der Waals surface area (Å²) >= 11 is 0. The molecule has 0 aliphatic carbocycles. The summed E-state index contributed by atoms with van der Waals surface area (Å²) in [4.78, 5) is 0. The number of benzene rings is 2. The van der Waals surface area contributed by atoms with E-state index in [9.17, 15) is 13.2 Å². The minimum atomic E-state index is -2.48. The van der Waals surface area contributed by atoms with Crippen LogP contribution in [0.4, 0.5) is 13.2 Å². The molecule has 0 saturated heterocycles. The minimum Gasteiger partial charge on any atom is -0.394 e. The molecular formula is C16H17F3O2Si. The lowest BCUT2D eigenvalue weighted by atomic mass is 10.1. The van der Waals surface area contributed by atoms with E-state index in [2.05, 4.69) is 0 Å². The Hall–Kier alpha value is -1.63. The smallest absolute Gasteiger partial charge is 0.371 e. The molecule has 0 heterocycles. The Bertz CT molecular complexity index is 647. The summed E-state index contributed by atoms with van der Waals surface area (Å²) in [5.41, 5.74) is 0.482. The van der Waals surface area contributed by atoms with E-state index in [4.69, 9.17) is 8.85 Å². The molecule has 0 unspecified atom stereocenters. The van der Waals surface area contributed by atoms with Crippen molar-refractivity contribution in [2.45, 2.75) is 13.0 Å². The van der Waals surface area contributed by atoms with Gasteiger partial charge in [-0.3, -0.25) is 0 Å². The maximum Gasteiger partial charge on any atom is 0.371 e. The minimum absolute atomic E-state index is 0.0176. The Kier molecular flexibility index (Phi) is 5.05. The van der Waals surface area contributed by atoms with Gasteiger partial charge in [0.1, 0.15) is 5.82 Å². The monoisotopic (exact) mass is 326 g/mol. The Balaban J connectivity index is 2.43. The third kappa shape index (κ3) is 2.95. The van der Waals surface area contributed by atoms with Crippen LogP contribution in [0.25, 0.3) is 11.1 Å². The van der Waals surface area contributed by atoms with E-state index in [0.717, 1.165) is 17.3 Å². The molecular weight excluding hydrogens is 309 g/mol. The van der Waals surface area contributed by atoms with Crippen LogP contribution >= 0.6 is 0 Å². The largest absolute Gasteiger partial charge is 0.394 e. The van der Waals surface area contributed by atoms with Crippen LogP contribution in [-0.4, -0.2) is 22.8 Å². The molecule has 0 saturated carbocycles. The summed E-state index contributed by atoms with van der Waals surface area (Å²) in [6.45, 7) is 1.97. The maximum absolute atomic E-state index is 13.8. The first-order valence-corrected chi connectivity index (χ1v) is 8.85. The van der Waals surface area contributed by atoms with Gasteiger partial charge < -0.3 is 8.85 Å². The molecule has 0 fully saturated rings. The molecule has 2 aromatic carbocycles. The van der Waals surface area contributed by atoms with Crippen LogP contribution in [0.3, 0.4) is 0 Å². The highest BCUT2D eigenvalue weighted by Crippen LogP contribution is 2.25. The maximum atomic E-state index is 13.8.